The van der Waals surface area contributed by atoms with Crippen LogP contribution in [0.5, 0.6) is 0 Å². The van der Waals surface area contributed by atoms with Crippen molar-refractivity contribution >= 4 is 0 Å². The van der Waals surface area contributed by atoms with Gasteiger partial charge in [0, 0.05) is 0 Å². The van der Waals surface area contributed by atoms with Gasteiger partial charge < -0.3 is 5.11 Å². The van der Waals surface area contributed by atoms with Crippen molar-refractivity contribution in [1.29, 1.82) is 0 Å². The Hall–Kier alpha value is -0.0400. The predicted octanol–water partition coefficient (Wildman–Crippen LogP) is 4.25. The first-order valence-electron chi connectivity index (χ1n) is 7.48. The molecule has 2 fully saturated rings. The summed E-state index contributed by atoms with van der Waals surface area (Å²) in [5.74, 6) is 3.00. The molecule has 0 aromatic carbocycles. The van der Waals surface area contributed by atoms with Gasteiger partial charge in [-0.25, -0.2) is 0 Å². The van der Waals surface area contributed by atoms with E-state index in [1.165, 1.54) is 32.1 Å². The largest absolute Gasteiger partial charge is 0.390 e. The molecule has 0 spiro atoms. The maximum atomic E-state index is 10.4. The maximum Gasteiger partial charge on any atom is 0.0625 e. The molecule has 0 aliphatic heterocycles. The SMILES string of the molecule is CCC(C)(C)C1CC2CCC(C1)C2C(C)(C)O. The molecule has 0 saturated heterocycles. The topological polar surface area (TPSA) is 20.2 Å². The van der Waals surface area contributed by atoms with Crippen molar-refractivity contribution in [2.75, 3.05) is 0 Å². The van der Waals surface area contributed by atoms with Crippen LogP contribution in [0.3, 0.4) is 0 Å². The normalized spacial score (nSPS) is 38.5. The first-order chi connectivity index (χ1) is 7.75. The van der Waals surface area contributed by atoms with E-state index in [0.717, 1.165) is 17.8 Å². The monoisotopic (exact) mass is 238 g/mol. The second kappa shape index (κ2) is 4.26. The maximum absolute atomic E-state index is 10.4. The van der Waals surface area contributed by atoms with E-state index in [1.54, 1.807) is 0 Å². The lowest BCUT2D eigenvalue weighted by Crippen LogP contribution is -2.43. The number of hydrogen-bond donors (Lipinski definition) is 1. The summed E-state index contributed by atoms with van der Waals surface area (Å²) in [6.45, 7) is 11.2. The third-order valence-corrected chi connectivity index (χ3v) is 5.93. The molecule has 2 unspecified atom stereocenters. The number of fused-ring (bicyclic) bond motifs is 2. The summed E-state index contributed by atoms with van der Waals surface area (Å²) in [7, 11) is 0. The Kier molecular flexibility index (Phi) is 3.36. The summed E-state index contributed by atoms with van der Waals surface area (Å²) < 4.78 is 0. The molecule has 2 atom stereocenters. The molecule has 2 rings (SSSR count). The second-order valence-electron chi connectivity index (χ2n) is 7.79. The molecule has 1 N–H and O–H groups in total. The van der Waals surface area contributed by atoms with E-state index in [0.29, 0.717) is 11.3 Å². The van der Waals surface area contributed by atoms with Gasteiger partial charge in [0.25, 0.3) is 0 Å². The van der Waals surface area contributed by atoms with Gasteiger partial charge >= 0.3 is 0 Å². The number of aliphatic hydroxyl groups is 1. The Balaban J connectivity index is 2.12. The molecule has 17 heavy (non-hydrogen) atoms. The molecular formula is C16H30O. The van der Waals surface area contributed by atoms with Gasteiger partial charge in [-0.15, -0.1) is 0 Å². The molecule has 2 bridgehead atoms. The van der Waals surface area contributed by atoms with Crippen molar-refractivity contribution in [2.45, 2.75) is 72.3 Å². The lowest BCUT2D eigenvalue weighted by atomic mass is 9.60. The molecule has 0 aromatic heterocycles. The molecule has 1 nitrogen and oxygen atoms in total. The smallest absolute Gasteiger partial charge is 0.0625 e. The van der Waals surface area contributed by atoms with E-state index in [9.17, 15) is 5.11 Å². The van der Waals surface area contributed by atoms with E-state index in [4.69, 9.17) is 0 Å². The summed E-state index contributed by atoms with van der Waals surface area (Å²) in [5.41, 5.74) is 0.0264. The Labute approximate surface area is 107 Å². The predicted molar refractivity (Wildman–Crippen MR) is 72.8 cm³/mol. The molecule has 1 heteroatoms. The van der Waals surface area contributed by atoms with E-state index < -0.39 is 5.60 Å². The van der Waals surface area contributed by atoms with Gasteiger partial charge in [-0.3, -0.25) is 0 Å². The summed E-state index contributed by atoms with van der Waals surface area (Å²) in [6, 6.07) is 0. The quantitative estimate of drug-likeness (QED) is 0.779. The molecular weight excluding hydrogens is 208 g/mol. The van der Waals surface area contributed by atoms with Crippen LogP contribution in [0.1, 0.15) is 66.7 Å². The molecule has 0 radical (unpaired) electrons. The minimum Gasteiger partial charge on any atom is -0.390 e. The first-order valence-corrected chi connectivity index (χ1v) is 7.48. The molecule has 0 heterocycles. The zero-order valence-electron chi connectivity index (χ0n) is 12.3. The highest BCUT2D eigenvalue weighted by Crippen LogP contribution is 2.56. The fraction of sp³-hybridized carbons (Fsp3) is 1.00. The Bertz CT molecular complexity index is 260. The average molecular weight is 238 g/mol. The van der Waals surface area contributed by atoms with Gasteiger partial charge in [-0.1, -0.05) is 27.2 Å². The van der Waals surface area contributed by atoms with Crippen LogP contribution >= 0.6 is 0 Å². The van der Waals surface area contributed by atoms with Gasteiger partial charge in [0.1, 0.15) is 0 Å². The van der Waals surface area contributed by atoms with Crippen molar-refractivity contribution in [3.05, 3.63) is 0 Å². The summed E-state index contributed by atoms with van der Waals surface area (Å²) in [6.07, 6.45) is 6.70. The Morgan fingerprint density at radius 3 is 1.82 bits per heavy atom. The van der Waals surface area contributed by atoms with Crippen LogP contribution in [0.4, 0.5) is 0 Å². The van der Waals surface area contributed by atoms with Crippen LogP contribution in [-0.2, 0) is 0 Å². The van der Waals surface area contributed by atoms with Crippen LogP contribution in [0.25, 0.3) is 0 Å². The highest BCUT2D eigenvalue weighted by atomic mass is 16.3. The van der Waals surface area contributed by atoms with Gasteiger partial charge in [0.05, 0.1) is 5.60 Å². The van der Waals surface area contributed by atoms with Crippen molar-refractivity contribution in [3.63, 3.8) is 0 Å². The molecule has 2 aliphatic rings. The first kappa shape index (κ1) is 13.4. The highest BCUT2D eigenvalue weighted by molar-refractivity contribution is 5.00. The molecule has 2 aliphatic carbocycles. The molecule has 2 saturated carbocycles. The van der Waals surface area contributed by atoms with Crippen LogP contribution in [-0.4, -0.2) is 10.7 Å². The Morgan fingerprint density at radius 1 is 1.00 bits per heavy atom. The lowest BCUT2D eigenvalue weighted by molar-refractivity contribution is -0.0566. The van der Waals surface area contributed by atoms with Gasteiger partial charge in [0.15, 0.2) is 0 Å². The van der Waals surface area contributed by atoms with Crippen LogP contribution in [0.2, 0.25) is 0 Å². The van der Waals surface area contributed by atoms with Gasteiger partial charge in [0.2, 0.25) is 0 Å². The Morgan fingerprint density at radius 2 is 1.47 bits per heavy atom. The van der Waals surface area contributed by atoms with Gasteiger partial charge in [-0.05, 0) is 68.6 Å². The summed E-state index contributed by atoms with van der Waals surface area (Å²) >= 11 is 0. The minimum absolute atomic E-state index is 0.465. The van der Waals surface area contributed by atoms with Gasteiger partial charge in [-0.2, -0.15) is 0 Å². The van der Waals surface area contributed by atoms with E-state index in [-0.39, 0.29) is 0 Å². The number of rotatable bonds is 3. The van der Waals surface area contributed by atoms with E-state index in [1.807, 2.05) is 13.8 Å². The van der Waals surface area contributed by atoms with E-state index in [2.05, 4.69) is 20.8 Å². The summed E-state index contributed by atoms with van der Waals surface area (Å²) in [5, 5.41) is 10.4. The fourth-order valence-electron chi connectivity index (χ4n) is 4.61. The number of hydrogen-bond acceptors (Lipinski definition) is 1. The second-order valence-corrected chi connectivity index (χ2v) is 7.79. The minimum atomic E-state index is -0.465. The van der Waals surface area contributed by atoms with Crippen molar-refractivity contribution in [1.82, 2.24) is 0 Å². The fourth-order valence-corrected chi connectivity index (χ4v) is 4.61. The lowest BCUT2D eigenvalue weighted by Gasteiger charge is -2.46. The molecule has 0 amide bonds. The van der Waals surface area contributed by atoms with Crippen LogP contribution in [0, 0.1) is 29.1 Å². The molecule has 100 valence electrons. The highest BCUT2D eigenvalue weighted by Gasteiger charge is 2.50. The third kappa shape index (κ3) is 2.41. The van der Waals surface area contributed by atoms with Crippen molar-refractivity contribution in [2.24, 2.45) is 29.1 Å². The van der Waals surface area contributed by atoms with E-state index >= 15 is 0 Å². The van der Waals surface area contributed by atoms with Crippen LogP contribution < -0.4 is 0 Å². The standard InChI is InChI=1S/C16H30O/c1-6-15(2,3)13-9-11-7-8-12(10-13)14(11)16(4,5)17/h11-14,17H,6-10H2,1-5H3. The third-order valence-electron chi connectivity index (χ3n) is 5.93. The summed E-state index contributed by atoms with van der Waals surface area (Å²) in [4.78, 5) is 0. The average Bonchev–Trinajstić information content (AvgIpc) is 2.50. The zero-order valence-corrected chi connectivity index (χ0v) is 12.3. The molecule has 0 aromatic rings. The zero-order chi connectivity index (χ0) is 12.8. The van der Waals surface area contributed by atoms with Crippen molar-refractivity contribution < 1.29 is 5.11 Å². The van der Waals surface area contributed by atoms with Crippen LogP contribution in [0.15, 0.2) is 0 Å². The van der Waals surface area contributed by atoms with Crippen molar-refractivity contribution in [3.8, 4) is 0 Å².